The number of hydrogen-bond acceptors (Lipinski definition) is 3. The van der Waals surface area contributed by atoms with Gasteiger partial charge in [0.1, 0.15) is 0 Å². The van der Waals surface area contributed by atoms with Crippen LogP contribution in [0.2, 0.25) is 0 Å². The highest BCUT2D eigenvalue weighted by Gasteiger charge is 2.63. The number of hydrazone groups is 1. The van der Waals surface area contributed by atoms with Crippen LogP contribution in [-0.4, -0.2) is 16.4 Å². The largest absolute Gasteiger partial charge is 0.390 e. The molecule has 0 aromatic carbocycles. The Morgan fingerprint density at radius 1 is 1.04 bits per heavy atom. The number of nitrogens with zero attached hydrogens (tertiary/aromatic N) is 1. The predicted octanol–water partition coefficient (Wildman–Crippen LogP) is 4.34. The van der Waals surface area contributed by atoms with Crippen LogP contribution in [0.15, 0.2) is 5.10 Å². The summed E-state index contributed by atoms with van der Waals surface area (Å²) in [6, 6.07) is 0. The summed E-state index contributed by atoms with van der Waals surface area (Å²) < 4.78 is 0. The summed E-state index contributed by atoms with van der Waals surface area (Å²) in [6.45, 7) is 9.39. The first kappa shape index (κ1) is 16.9. The van der Waals surface area contributed by atoms with Gasteiger partial charge in [-0.1, -0.05) is 20.8 Å². The molecule has 0 saturated heterocycles. The molecule has 0 aliphatic heterocycles. The summed E-state index contributed by atoms with van der Waals surface area (Å²) >= 11 is 0. The van der Waals surface area contributed by atoms with Crippen LogP contribution in [0.5, 0.6) is 0 Å². The lowest BCUT2D eigenvalue weighted by Crippen LogP contribution is -2.56. The van der Waals surface area contributed by atoms with Crippen molar-refractivity contribution in [2.75, 3.05) is 0 Å². The minimum atomic E-state index is -0.459. The van der Waals surface area contributed by atoms with Gasteiger partial charge >= 0.3 is 0 Å². The van der Waals surface area contributed by atoms with Gasteiger partial charge in [-0.05, 0) is 98.7 Å². The lowest BCUT2D eigenvalue weighted by Gasteiger charge is -2.61. The number of nitrogens with two attached hydrogens (primary N) is 1. The maximum Gasteiger partial charge on any atom is 0.0675 e. The average molecular weight is 333 g/mol. The first-order valence-electron chi connectivity index (χ1n) is 10.2. The molecular formula is C21H36N2O. The molecule has 4 rings (SSSR count). The molecular weight excluding hydrogens is 296 g/mol. The third-order valence-corrected chi connectivity index (χ3v) is 9.56. The quantitative estimate of drug-likeness (QED) is 0.512. The average Bonchev–Trinajstić information content (AvgIpc) is 2.76. The van der Waals surface area contributed by atoms with E-state index in [9.17, 15) is 5.11 Å². The van der Waals surface area contributed by atoms with Crippen LogP contribution in [0.3, 0.4) is 0 Å². The Bertz CT molecular complexity index is 556. The minimum Gasteiger partial charge on any atom is -0.390 e. The molecule has 0 bridgehead atoms. The van der Waals surface area contributed by atoms with Crippen molar-refractivity contribution in [1.29, 1.82) is 0 Å². The van der Waals surface area contributed by atoms with Crippen LogP contribution in [0.1, 0.15) is 79.1 Å². The van der Waals surface area contributed by atoms with Crippen LogP contribution < -0.4 is 5.84 Å². The van der Waals surface area contributed by atoms with Crippen molar-refractivity contribution in [3.05, 3.63) is 0 Å². The molecule has 0 unspecified atom stereocenters. The van der Waals surface area contributed by atoms with E-state index in [2.05, 4.69) is 32.8 Å². The van der Waals surface area contributed by atoms with Crippen LogP contribution >= 0.6 is 0 Å². The third kappa shape index (κ3) is 2.03. The molecule has 3 heteroatoms. The van der Waals surface area contributed by atoms with Crippen molar-refractivity contribution in [2.45, 2.75) is 84.7 Å². The molecule has 0 aromatic heterocycles. The van der Waals surface area contributed by atoms with E-state index in [4.69, 9.17) is 5.84 Å². The maximum absolute atomic E-state index is 11.0. The van der Waals surface area contributed by atoms with Crippen molar-refractivity contribution < 1.29 is 5.11 Å². The van der Waals surface area contributed by atoms with Gasteiger partial charge in [0.15, 0.2) is 0 Å². The number of rotatable bonds is 0. The Hall–Kier alpha value is -0.570. The molecule has 0 spiro atoms. The fraction of sp³-hybridized carbons (Fsp3) is 0.952. The molecule has 3 nitrogen and oxygen atoms in total. The molecule has 4 fully saturated rings. The highest BCUT2D eigenvalue weighted by molar-refractivity contribution is 5.87. The van der Waals surface area contributed by atoms with E-state index in [0.717, 1.165) is 36.5 Å². The van der Waals surface area contributed by atoms with Crippen LogP contribution in [0.25, 0.3) is 0 Å². The monoisotopic (exact) mass is 332 g/mol. The van der Waals surface area contributed by atoms with Gasteiger partial charge in [0.25, 0.3) is 0 Å². The predicted molar refractivity (Wildman–Crippen MR) is 98.5 cm³/mol. The Labute approximate surface area is 147 Å². The van der Waals surface area contributed by atoms with E-state index < -0.39 is 5.60 Å². The molecule has 0 radical (unpaired) electrons. The molecule has 24 heavy (non-hydrogen) atoms. The van der Waals surface area contributed by atoms with E-state index in [0.29, 0.717) is 11.3 Å². The minimum absolute atomic E-state index is 0.140. The van der Waals surface area contributed by atoms with Gasteiger partial charge in [-0.25, -0.2) is 0 Å². The van der Waals surface area contributed by atoms with Gasteiger partial charge in [-0.3, -0.25) is 0 Å². The van der Waals surface area contributed by atoms with Crippen LogP contribution in [0, 0.1) is 40.4 Å². The fourth-order valence-corrected chi connectivity index (χ4v) is 7.84. The standard InChI is InChI=1S/C21H36N2O/c1-13-12-19(2)14(11-18(13)23-22)5-6-15-16(19)7-9-20(3)17(15)8-10-21(20,4)24/h13-17,24H,5-12,22H2,1-4H3/b23-18+/t13-,14-,15-,16+,17-,19+,20+,21+/m1/s1. The van der Waals surface area contributed by atoms with Gasteiger partial charge in [-0.2, -0.15) is 5.10 Å². The molecule has 8 atom stereocenters. The Morgan fingerprint density at radius 3 is 2.46 bits per heavy atom. The zero-order valence-corrected chi connectivity index (χ0v) is 16.0. The number of aliphatic hydroxyl groups is 1. The van der Waals surface area contributed by atoms with E-state index >= 15 is 0 Å². The Balaban J connectivity index is 1.64. The molecule has 4 aliphatic rings. The molecule has 0 aromatic rings. The smallest absolute Gasteiger partial charge is 0.0675 e. The molecule has 0 heterocycles. The summed E-state index contributed by atoms with van der Waals surface area (Å²) in [6.07, 6.45) is 9.81. The van der Waals surface area contributed by atoms with E-state index in [1.807, 2.05) is 0 Å². The van der Waals surface area contributed by atoms with Gasteiger partial charge in [-0.15, -0.1) is 0 Å². The van der Waals surface area contributed by atoms with Gasteiger partial charge in [0.2, 0.25) is 0 Å². The van der Waals surface area contributed by atoms with Crippen molar-refractivity contribution in [2.24, 2.45) is 51.4 Å². The summed E-state index contributed by atoms with van der Waals surface area (Å²) in [4.78, 5) is 0. The van der Waals surface area contributed by atoms with Crippen LogP contribution in [0.4, 0.5) is 0 Å². The Morgan fingerprint density at radius 2 is 1.75 bits per heavy atom. The summed E-state index contributed by atoms with van der Waals surface area (Å²) in [5.74, 6) is 9.36. The molecule has 4 saturated carbocycles. The highest BCUT2D eigenvalue weighted by atomic mass is 16.3. The van der Waals surface area contributed by atoms with Crippen LogP contribution in [-0.2, 0) is 0 Å². The topological polar surface area (TPSA) is 58.6 Å². The normalized spacial score (nSPS) is 58.9. The second kappa shape index (κ2) is 5.22. The summed E-state index contributed by atoms with van der Waals surface area (Å²) in [5.41, 5.74) is 1.38. The van der Waals surface area contributed by atoms with Crippen molar-refractivity contribution in [3.8, 4) is 0 Å². The first-order chi connectivity index (χ1) is 11.2. The second-order valence-corrected chi connectivity index (χ2v) is 10.4. The van der Waals surface area contributed by atoms with E-state index in [1.165, 1.54) is 44.2 Å². The fourth-order valence-electron chi connectivity index (χ4n) is 7.84. The zero-order chi connectivity index (χ0) is 17.3. The molecule has 0 amide bonds. The van der Waals surface area contributed by atoms with Gasteiger partial charge < -0.3 is 10.9 Å². The van der Waals surface area contributed by atoms with Gasteiger partial charge in [0, 0.05) is 5.71 Å². The van der Waals surface area contributed by atoms with Crippen molar-refractivity contribution in [3.63, 3.8) is 0 Å². The first-order valence-corrected chi connectivity index (χ1v) is 10.2. The SMILES string of the molecule is C[C@@H]1C[C@@]2(C)[C@H](CC[C@H]3[C@H]4CC[C@](C)(O)[C@@]4(C)CC[C@@H]32)C/C1=N\N. The lowest BCUT2D eigenvalue weighted by molar-refractivity contribution is -0.142. The lowest BCUT2D eigenvalue weighted by atomic mass is 9.44. The highest BCUT2D eigenvalue weighted by Crippen LogP contribution is 2.68. The Kier molecular flexibility index (Phi) is 3.67. The summed E-state index contributed by atoms with van der Waals surface area (Å²) in [5, 5.41) is 15.1. The molecule has 136 valence electrons. The second-order valence-electron chi connectivity index (χ2n) is 10.4. The summed E-state index contributed by atoms with van der Waals surface area (Å²) in [7, 11) is 0. The molecule has 3 N–H and O–H groups in total. The van der Waals surface area contributed by atoms with Crippen molar-refractivity contribution in [1.82, 2.24) is 0 Å². The number of fused-ring (bicyclic) bond motifs is 5. The third-order valence-electron chi connectivity index (χ3n) is 9.56. The van der Waals surface area contributed by atoms with Gasteiger partial charge in [0.05, 0.1) is 5.60 Å². The van der Waals surface area contributed by atoms with Crippen molar-refractivity contribution >= 4 is 5.71 Å². The molecule has 4 aliphatic carbocycles. The zero-order valence-electron chi connectivity index (χ0n) is 16.0. The van der Waals surface area contributed by atoms with E-state index in [1.54, 1.807) is 0 Å². The maximum atomic E-state index is 11.0. The number of hydrogen-bond donors (Lipinski definition) is 2. The van der Waals surface area contributed by atoms with E-state index in [-0.39, 0.29) is 5.41 Å².